The van der Waals surface area contributed by atoms with Crippen molar-refractivity contribution in [2.45, 2.75) is 76.6 Å². The van der Waals surface area contributed by atoms with Gasteiger partial charge in [-0.3, -0.25) is 14.6 Å². The van der Waals surface area contributed by atoms with E-state index in [-0.39, 0.29) is 35.2 Å². The Labute approximate surface area is 286 Å². The number of carbonyl (C=O) groups is 2. The average Bonchev–Trinajstić information content (AvgIpc) is 3.61. The van der Waals surface area contributed by atoms with Gasteiger partial charge in [-0.2, -0.15) is 13.2 Å². The number of guanidine groups is 1. The summed E-state index contributed by atoms with van der Waals surface area (Å²) in [5, 5.41) is 2.54. The van der Waals surface area contributed by atoms with E-state index in [1.54, 1.807) is 45.0 Å². The number of fused-ring (bicyclic) bond motifs is 2. The third-order valence-corrected chi connectivity index (χ3v) is 11.0. The minimum atomic E-state index is -4.79. The van der Waals surface area contributed by atoms with Crippen LogP contribution in [0.5, 0.6) is 5.75 Å². The van der Waals surface area contributed by atoms with Crippen LogP contribution in [0, 0.1) is 20.8 Å². The SMILES string of the molecule is Cc1c(C)c(S(=O)(=O)NC(N)=NCCC[C@H](NC(=O)c2ccccc2C(F)(F)F)C(=O)c2nc3ccccc3s2)c(C)c2c1OC(C)(C)C2. The molecule has 1 aromatic heterocycles. The van der Waals surface area contributed by atoms with E-state index in [0.29, 0.717) is 34.4 Å². The number of aromatic nitrogens is 1. The van der Waals surface area contributed by atoms with Gasteiger partial charge in [0.25, 0.3) is 15.9 Å². The molecule has 4 aromatic rings. The topological polar surface area (TPSA) is 153 Å². The summed E-state index contributed by atoms with van der Waals surface area (Å²) in [7, 11) is -4.15. The van der Waals surface area contributed by atoms with E-state index in [1.807, 2.05) is 13.8 Å². The van der Waals surface area contributed by atoms with Crippen molar-refractivity contribution in [3.63, 3.8) is 0 Å². The molecule has 1 amide bonds. The van der Waals surface area contributed by atoms with Gasteiger partial charge in [0.05, 0.1) is 32.3 Å². The Morgan fingerprint density at radius 3 is 2.43 bits per heavy atom. The molecule has 4 N–H and O–H groups in total. The van der Waals surface area contributed by atoms with Gasteiger partial charge in [0.1, 0.15) is 11.4 Å². The molecule has 0 saturated heterocycles. The molecule has 0 radical (unpaired) electrons. The van der Waals surface area contributed by atoms with E-state index in [2.05, 4.69) is 20.0 Å². The molecule has 5 rings (SSSR count). The van der Waals surface area contributed by atoms with E-state index >= 15 is 0 Å². The van der Waals surface area contributed by atoms with Crippen molar-refractivity contribution < 1.29 is 35.9 Å². The second-order valence-electron chi connectivity index (χ2n) is 12.5. The fraction of sp³-hybridized carbons (Fsp3) is 0.353. The summed E-state index contributed by atoms with van der Waals surface area (Å²) in [5.41, 5.74) is 6.93. The van der Waals surface area contributed by atoms with Gasteiger partial charge in [-0.15, -0.1) is 11.3 Å². The van der Waals surface area contributed by atoms with Crippen molar-refractivity contribution in [2.75, 3.05) is 6.54 Å². The van der Waals surface area contributed by atoms with Gasteiger partial charge in [0.2, 0.25) is 11.7 Å². The molecule has 0 unspecified atom stereocenters. The molecule has 15 heteroatoms. The predicted molar refractivity (Wildman–Crippen MR) is 182 cm³/mol. The Morgan fingerprint density at radius 2 is 1.73 bits per heavy atom. The van der Waals surface area contributed by atoms with Crippen LogP contribution in [-0.2, 0) is 22.6 Å². The maximum atomic E-state index is 13.7. The van der Waals surface area contributed by atoms with Crippen molar-refractivity contribution in [1.29, 1.82) is 0 Å². The van der Waals surface area contributed by atoms with Crippen LogP contribution >= 0.6 is 11.3 Å². The third kappa shape index (κ3) is 7.57. The molecule has 10 nitrogen and oxygen atoms in total. The van der Waals surface area contributed by atoms with Crippen LogP contribution < -0.4 is 20.5 Å². The number of rotatable bonds is 10. The molecular weight excluding hydrogens is 680 g/mol. The highest BCUT2D eigenvalue weighted by molar-refractivity contribution is 7.90. The van der Waals surface area contributed by atoms with Crippen molar-refractivity contribution >= 4 is 49.2 Å². The number of para-hydroxylation sites is 1. The number of carbonyl (C=O) groups excluding carboxylic acids is 2. The van der Waals surface area contributed by atoms with E-state index < -0.39 is 50.7 Å². The van der Waals surface area contributed by atoms with Crippen molar-refractivity contribution in [1.82, 2.24) is 15.0 Å². The minimum Gasteiger partial charge on any atom is -0.487 e. The summed E-state index contributed by atoms with van der Waals surface area (Å²) in [6, 6.07) is 10.1. The summed E-state index contributed by atoms with van der Waals surface area (Å²) in [6.07, 6.45) is -4.18. The lowest BCUT2D eigenvalue weighted by Gasteiger charge is -2.19. The number of nitrogens with two attached hydrogens (primary N) is 1. The smallest absolute Gasteiger partial charge is 0.417 e. The first kappa shape index (κ1) is 35.8. The Kier molecular flexibility index (Phi) is 9.81. The molecule has 0 saturated carbocycles. The second kappa shape index (κ2) is 13.4. The van der Waals surface area contributed by atoms with Gasteiger partial charge in [-0.1, -0.05) is 24.3 Å². The molecule has 1 aliphatic heterocycles. The van der Waals surface area contributed by atoms with Crippen molar-refractivity contribution in [3.05, 3.63) is 86.9 Å². The number of hydrogen-bond donors (Lipinski definition) is 3. The second-order valence-corrected chi connectivity index (χ2v) is 15.1. The lowest BCUT2D eigenvalue weighted by molar-refractivity contribution is -0.137. The Morgan fingerprint density at radius 1 is 1.06 bits per heavy atom. The first-order chi connectivity index (χ1) is 22.9. The van der Waals surface area contributed by atoms with E-state index in [9.17, 15) is 31.2 Å². The van der Waals surface area contributed by atoms with Crippen LogP contribution in [0.1, 0.15) is 74.7 Å². The monoisotopic (exact) mass is 715 g/mol. The molecule has 260 valence electrons. The number of nitrogens with zero attached hydrogens (tertiary/aromatic N) is 2. The lowest BCUT2D eigenvalue weighted by Crippen LogP contribution is -2.41. The van der Waals surface area contributed by atoms with Crippen LogP contribution in [0.25, 0.3) is 10.2 Å². The normalized spacial score (nSPS) is 15.1. The summed E-state index contributed by atoms with van der Waals surface area (Å²) < 4.78 is 77.1. The first-order valence-electron chi connectivity index (χ1n) is 15.4. The molecule has 0 aliphatic carbocycles. The maximum Gasteiger partial charge on any atom is 0.417 e. The van der Waals surface area contributed by atoms with Crippen LogP contribution in [0.15, 0.2) is 58.4 Å². The van der Waals surface area contributed by atoms with Crippen LogP contribution in [0.2, 0.25) is 0 Å². The highest BCUT2D eigenvalue weighted by Gasteiger charge is 2.38. The number of aliphatic imine (C=N–C) groups is 1. The fourth-order valence-corrected chi connectivity index (χ4v) is 8.41. The molecule has 1 atom stereocenters. The van der Waals surface area contributed by atoms with Crippen LogP contribution in [-0.4, -0.2) is 49.2 Å². The zero-order chi connectivity index (χ0) is 35.9. The van der Waals surface area contributed by atoms with Gasteiger partial charge in [-0.05, 0) is 88.4 Å². The molecule has 3 aromatic carbocycles. The summed E-state index contributed by atoms with van der Waals surface area (Å²) >= 11 is 1.10. The van der Waals surface area contributed by atoms with Gasteiger partial charge in [-0.25, -0.2) is 18.1 Å². The van der Waals surface area contributed by atoms with Gasteiger partial charge in [0, 0.05) is 18.5 Å². The largest absolute Gasteiger partial charge is 0.487 e. The molecule has 0 bridgehead atoms. The summed E-state index contributed by atoms with van der Waals surface area (Å²) in [6.45, 7) is 9.03. The zero-order valence-corrected chi connectivity index (χ0v) is 29.1. The number of halogens is 3. The Bertz CT molecular complexity index is 2060. The van der Waals surface area contributed by atoms with Gasteiger partial charge >= 0.3 is 6.18 Å². The quantitative estimate of drug-likeness (QED) is 0.0787. The first-order valence-corrected chi connectivity index (χ1v) is 17.7. The Hall–Kier alpha value is -4.50. The molecule has 1 aliphatic rings. The number of hydrogen-bond acceptors (Lipinski definition) is 8. The zero-order valence-electron chi connectivity index (χ0n) is 27.5. The number of sulfonamides is 1. The average molecular weight is 716 g/mol. The van der Waals surface area contributed by atoms with Gasteiger partial charge in [0.15, 0.2) is 5.01 Å². The fourth-order valence-electron chi connectivity index (χ4n) is 5.92. The summed E-state index contributed by atoms with van der Waals surface area (Å²) in [5.74, 6) is -1.36. The molecule has 0 fully saturated rings. The number of benzene rings is 3. The summed E-state index contributed by atoms with van der Waals surface area (Å²) in [4.78, 5) is 35.3. The molecule has 2 heterocycles. The van der Waals surface area contributed by atoms with Crippen molar-refractivity contribution in [3.8, 4) is 5.75 Å². The highest BCUT2D eigenvalue weighted by Crippen LogP contribution is 2.43. The number of thiazole rings is 1. The third-order valence-electron chi connectivity index (χ3n) is 8.34. The molecular formula is C34H36F3N5O5S2. The number of alkyl halides is 3. The molecule has 0 spiro atoms. The Balaban J connectivity index is 1.33. The number of amides is 1. The number of ketones is 1. The van der Waals surface area contributed by atoms with Gasteiger partial charge < -0.3 is 15.8 Å². The standard InChI is InChI=1S/C34H36F3N5O5S2/c1-18-19(2)29(20(3)22-17-33(4,5)47-28(18)22)49(45,46)42-32(38)39-16-10-14-25(27(43)31-41-24-13-8-9-15-26(24)48-31)40-30(44)21-11-6-7-12-23(21)34(35,36)37/h6-9,11-13,15,25H,10,14,16-17H2,1-5H3,(H,40,44)(H3,38,39,42)/t25-/m0/s1. The molecule has 49 heavy (non-hydrogen) atoms. The van der Waals surface area contributed by atoms with E-state index in [1.165, 1.54) is 12.1 Å². The van der Waals surface area contributed by atoms with Crippen molar-refractivity contribution in [2.24, 2.45) is 10.7 Å². The maximum absolute atomic E-state index is 13.7. The van der Waals surface area contributed by atoms with E-state index in [4.69, 9.17) is 10.5 Å². The number of Topliss-reactive ketones (excluding diaryl/α,β-unsaturated/α-hetero) is 1. The number of nitrogens with one attached hydrogen (secondary N) is 2. The van der Waals surface area contributed by atoms with Crippen LogP contribution in [0.4, 0.5) is 13.2 Å². The van der Waals surface area contributed by atoms with E-state index in [0.717, 1.165) is 33.7 Å². The predicted octanol–water partition coefficient (Wildman–Crippen LogP) is 6.01. The van der Waals surface area contributed by atoms with Crippen LogP contribution in [0.3, 0.4) is 0 Å². The minimum absolute atomic E-state index is 0.0454. The lowest BCUT2D eigenvalue weighted by atomic mass is 9.94. The highest BCUT2D eigenvalue weighted by atomic mass is 32.2. The number of ether oxygens (including phenoxy) is 1.